The molecule has 0 saturated heterocycles. The van der Waals surface area contributed by atoms with Crippen molar-refractivity contribution in [3.63, 3.8) is 0 Å². The maximum atomic E-state index is 6.03. The lowest BCUT2D eigenvalue weighted by molar-refractivity contribution is 0.199. The molecule has 0 aliphatic heterocycles. The van der Waals surface area contributed by atoms with E-state index in [9.17, 15) is 0 Å². The number of nitrogens with two attached hydrogens (primary N) is 1. The molecule has 0 amide bonds. The predicted molar refractivity (Wildman–Crippen MR) is 71.9 cm³/mol. The van der Waals surface area contributed by atoms with E-state index in [1.54, 1.807) is 7.11 Å². The van der Waals surface area contributed by atoms with Gasteiger partial charge in [-0.3, -0.25) is 0 Å². The van der Waals surface area contributed by atoms with Crippen LogP contribution in [0.5, 0.6) is 0 Å². The fraction of sp³-hybridized carbons (Fsp3) is 0.286. The summed E-state index contributed by atoms with van der Waals surface area (Å²) >= 11 is 0. The molecule has 0 atom stereocenters. The van der Waals surface area contributed by atoms with Crippen LogP contribution >= 0.6 is 0 Å². The van der Waals surface area contributed by atoms with Crippen LogP contribution in [0.2, 0.25) is 0 Å². The van der Waals surface area contributed by atoms with Crippen molar-refractivity contribution in [2.75, 3.05) is 26.0 Å². The standard InChI is InChI=1S/C14H18N2O/c1-17-7-6-16-10-13-8-11-4-2-3-5-12(11)9-14(13)15/h2-5,8-9,16H,6-7,10,15H2,1H3. The van der Waals surface area contributed by atoms with Gasteiger partial charge in [-0.15, -0.1) is 0 Å². The number of methoxy groups -OCH3 is 1. The normalized spacial score (nSPS) is 10.9. The van der Waals surface area contributed by atoms with E-state index in [0.717, 1.165) is 24.3 Å². The predicted octanol–water partition coefficient (Wildman–Crippen LogP) is 2.16. The summed E-state index contributed by atoms with van der Waals surface area (Å²) in [5.74, 6) is 0. The zero-order valence-corrected chi connectivity index (χ0v) is 10.1. The first-order valence-corrected chi connectivity index (χ1v) is 5.78. The minimum Gasteiger partial charge on any atom is -0.398 e. The van der Waals surface area contributed by atoms with Crippen LogP contribution in [0.3, 0.4) is 0 Å². The van der Waals surface area contributed by atoms with Gasteiger partial charge in [0, 0.05) is 25.9 Å². The Balaban J connectivity index is 2.14. The summed E-state index contributed by atoms with van der Waals surface area (Å²) < 4.78 is 4.99. The van der Waals surface area contributed by atoms with Gasteiger partial charge in [0.05, 0.1) is 6.61 Å². The monoisotopic (exact) mass is 230 g/mol. The molecule has 2 aromatic rings. The largest absolute Gasteiger partial charge is 0.398 e. The summed E-state index contributed by atoms with van der Waals surface area (Å²) in [6, 6.07) is 12.4. The Hall–Kier alpha value is -1.58. The number of nitrogen functional groups attached to an aromatic ring is 1. The van der Waals surface area contributed by atoms with E-state index in [-0.39, 0.29) is 0 Å². The second-order valence-corrected chi connectivity index (χ2v) is 4.07. The van der Waals surface area contributed by atoms with E-state index >= 15 is 0 Å². The third kappa shape index (κ3) is 2.96. The first-order valence-electron chi connectivity index (χ1n) is 5.78. The molecule has 3 N–H and O–H groups in total. The molecule has 0 radical (unpaired) electrons. The van der Waals surface area contributed by atoms with E-state index in [0.29, 0.717) is 6.61 Å². The molecule has 17 heavy (non-hydrogen) atoms. The van der Waals surface area contributed by atoms with Gasteiger partial charge in [-0.1, -0.05) is 24.3 Å². The van der Waals surface area contributed by atoms with E-state index < -0.39 is 0 Å². The smallest absolute Gasteiger partial charge is 0.0587 e. The Morgan fingerprint density at radius 3 is 2.59 bits per heavy atom. The van der Waals surface area contributed by atoms with E-state index in [1.807, 2.05) is 18.2 Å². The SMILES string of the molecule is COCCNCc1cc2ccccc2cc1N. The minimum atomic E-state index is 0.716. The van der Waals surface area contributed by atoms with Crippen molar-refractivity contribution in [1.29, 1.82) is 0 Å². The first-order chi connectivity index (χ1) is 8.31. The zero-order chi connectivity index (χ0) is 12.1. The number of benzene rings is 2. The molecule has 3 heteroatoms. The fourth-order valence-corrected chi connectivity index (χ4v) is 1.86. The molecule has 0 aliphatic rings. The van der Waals surface area contributed by atoms with Gasteiger partial charge >= 0.3 is 0 Å². The van der Waals surface area contributed by atoms with E-state index in [2.05, 4.69) is 23.5 Å². The summed E-state index contributed by atoms with van der Waals surface area (Å²) in [7, 11) is 1.70. The van der Waals surface area contributed by atoms with Crippen molar-refractivity contribution in [3.05, 3.63) is 42.0 Å². The van der Waals surface area contributed by atoms with Crippen LogP contribution in [-0.2, 0) is 11.3 Å². The maximum Gasteiger partial charge on any atom is 0.0587 e. The number of hydrogen-bond donors (Lipinski definition) is 2. The van der Waals surface area contributed by atoms with Gasteiger partial charge < -0.3 is 15.8 Å². The Bertz CT molecular complexity index is 497. The van der Waals surface area contributed by atoms with Crippen LogP contribution in [0.4, 0.5) is 5.69 Å². The highest BCUT2D eigenvalue weighted by Crippen LogP contribution is 2.21. The van der Waals surface area contributed by atoms with Crippen molar-refractivity contribution in [2.24, 2.45) is 0 Å². The lowest BCUT2D eigenvalue weighted by Crippen LogP contribution is -2.19. The second kappa shape index (κ2) is 5.66. The van der Waals surface area contributed by atoms with Gasteiger partial charge in [0.1, 0.15) is 0 Å². The molecular weight excluding hydrogens is 212 g/mol. The molecular formula is C14H18N2O. The Morgan fingerprint density at radius 1 is 1.18 bits per heavy atom. The molecule has 3 nitrogen and oxygen atoms in total. The molecule has 0 aliphatic carbocycles. The lowest BCUT2D eigenvalue weighted by Gasteiger charge is -2.09. The van der Waals surface area contributed by atoms with Crippen LogP contribution in [0.15, 0.2) is 36.4 Å². The van der Waals surface area contributed by atoms with Crippen LogP contribution in [-0.4, -0.2) is 20.3 Å². The number of ether oxygens (including phenoxy) is 1. The molecule has 0 heterocycles. The zero-order valence-electron chi connectivity index (χ0n) is 10.1. The highest BCUT2D eigenvalue weighted by molar-refractivity contribution is 5.86. The average Bonchev–Trinajstić information content (AvgIpc) is 2.35. The Labute approximate surface area is 102 Å². The third-order valence-corrected chi connectivity index (χ3v) is 2.81. The molecule has 0 aromatic heterocycles. The highest BCUT2D eigenvalue weighted by Gasteiger charge is 2.01. The molecule has 90 valence electrons. The second-order valence-electron chi connectivity index (χ2n) is 4.07. The topological polar surface area (TPSA) is 47.3 Å². The summed E-state index contributed by atoms with van der Waals surface area (Å²) in [6.07, 6.45) is 0. The average molecular weight is 230 g/mol. The quantitative estimate of drug-likeness (QED) is 0.611. The van der Waals surface area contributed by atoms with Crippen molar-refractivity contribution < 1.29 is 4.74 Å². The number of hydrogen-bond acceptors (Lipinski definition) is 3. The van der Waals surface area contributed by atoms with Crippen LogP contribution in [0, 0.1) is 0 Å². The van der Waals surface area contributed by atoms with Crippen LogP contribution in [0.25, 0.3) is 10.8 Å². The highest BCUT2D eigenvalue weighted by atomic mass is 16.5. The number of anilines is 1. The maximum absolute atomic E-state index is 6.03. The third-order valence-electron chi connectivity index (χ3n) is 2.81. The van der Waals surface area contributed by atoms with Gasteiger partial charge in [-0.2, -0.15) is 0 Å². The van der Waals surface area contributed by atoms with Crippen LogP contribution in [0.1, 0.15) is 5.56 Å². The number of nitrogens with one attached hydrogen (secondary N) is 1. The molecule has 0 fully saturated rings. The summed E-state index contributed by atoms with van der Waals surface area (Å²) in [5, 5.41) is 5.72. The molecule has 0 saturated carbocycles. The van der Waals surface area contributed by atoms with Gasteiger partial charge in [0.2, 0.25) is 0 Å². The molecule has 2 aromatic carbocycles. The molecule has 0 bridgehead atoms. The van der Waals surface area contributed by atoms with E-state index in [1.165, 1.54) is 10.8 Å². The van der Waals surface area contributed by atoms with Crippen LogP contribution < -0.4 is 11.1 Å². The summed E-state index contributed by atoms with van der Waals surface area (Å²) in [6.45, 7) is 2.33. The van der Waals surface area contributed by atoms with E-state index in [4.69, 9.17) is 10.5 Å². The van der Waals surface area contributed by atoms with Gasteiger partial charge in [0.25, 0.3) is 0 Å². The first kappa shape index (κ1) is 11.9. The summed E-state index contributed by atoms with van der Waals surface area (Å²) in [4.78, 5) is 0. The molecule has 0 unspecified atom stereocenters. The minimum absolute atomic E-state index is 0.716. The van der Waals surface area contributed by atoms with Crippen molar-refractivity contribution in [2.45, 2.75) is 6.54 Å². The van der Waals surface area contributed by atoms with Gasteiger partial charge in [0.15, 0.2) is 0 Å². The van der Waals surface area contributed by atoms with Gasteiger partial charge in [-0.05, 0) is 28.5 Å². The van der Waals surface area contributed by atoms with Gasteiger partial charge in [-0.25, -0.2) is 0 Å². The van der Waals surface area contributed by atoms with Crippen molar-refractivity contribution in [3.8, 4) is 0 Å². The number of fused-ring (bicyclic) bond motifs is 1. The number of rotatable bonds is 5. The van der Waals surface area contributed by atoms with Crippen molar-refractivity contribution >= 4 is 16.5 Å². The van der Waals surface area contributed by atoms with Crippen molar-refractivity contribution in [1.82, 2.24) is 5.32 Å². The lowest BCUT2D eigenvalue weighted by atomic mass is 10.1. The molecule has 0 spiro atoms. The summed E-state index contributed by atoms with van der Waals surface area (Å²) in [5.41, 5.74) is 8.01. The Morgan fingerprint density at radius 2 is 1.88 bits per heavy atom. The molecule has 2 rings (SSSR count). The Kier molecular flexibility index (Phi) is 3.96. The fourth-order valence-electron chi connectivity index (χ4n) is 1.86.